The highest BCUT2D eigenvalue weighted by atomic mass is 79.9. The number of guanidine groups is 1. The van der Waals surface area contributed by atoms with Gasteiger partial charge in [-0.1, -0.05) is 0 Å². The number of ether oxygens (including phenoxy) is 1. The van der Waals surface area contributed by atoms with E-state index in [1.54, 1.807) is 6.07 Å². The van der Waals surface area contributed by atoms with Crippen LogP contribution in [0.5, 0.6) is 11.5 Å². The van der Waals surface area contributed by atoms with Gasteiger partial charge in [0.1, 0.15) is 0 Å². The molecule has 0 saturated carbocycles. The van der Waals surface area contributed by atoms with Gasteiger partial charge in [-0.05, 0) is 28.1 Å². The predicted molar refractivity (Wildman–Crippen MR) is 65.8 cm³/mol. The van der Waals surface area contributed by atoms with Crippen LogP contribution < -0.4 is 16.2 Å². The summed E-state index contributed by atoms with van der Waals surface area (Å²) in [6, 6.07) is 3.10. The number of nitrogens with two attached hydrogens (primary N) is 2. The van der Waals surface area contributed by atoms with Crippen LogP contribution in [0, 0.1) is 0 Å². The molecule has 0 amide bonds. The Hall–Kier alpha value is -1.76. The Kier molecular flexibility index (Phi) is 4.12. The second-order valence-electron chi connectivity index (χ2n) is 2.82. The van der Waals surface area contributed by atoms with E-state index < -0.39 is 0 Å². The zero-order valence-electron chi connectivity index (χ0n) is 8.51. The number of nitrogens with zero attached hydrogens (tertiary/aromatic N) is 2. The van der Waals surface area contributed by atoms with Gasteiger partial charge in [0.25, 0.3) is 0 Å². The molecular formula is C9H11BrN4O2. The van der Waals surface area contributed by atoms with E-state index in [1.807, 2.05) is 0 Å². The van der Waals surface area contributed by atoms with Gasteiger partial charge in [0.15, 0.2) is 11.5 Å². The molecule has 0 aliphatic carbocycles. The zero-order valence-corrected chi connectivity index (χ0v) is 10.1. The maximum Gasteiger partial charge on any atom is 0.211 e. The summed E-state index contributed by atoms with van der Waals surface area (Å²) in [5.74, 6) is 0.251. The number of aromatic hydroxyl groups is 1. The lowest BCUT2D eigenvalue weighted by Crippen LogP contribution is -2.21. The third kappa shape index (κ3) is 3.13. The van der Waals surface area contributed by atoms with Crippen molar-refractivity contribution in [3.05, 3.63) is 22.2 Å². The summed E-state index contributed by atoms with van der Waals surface area (Å²) >= 11 is 3.26. The van der Waals surface area contributed by atoms with E-state index in [1.165, 1.54) is 19.4 Å². The van der Waals surface area contributed by atoms with E-state index in [0.29, 0.717) is 15.8 Å². The van der Waals surface area contributed by atoms with E-state index in [0.717, 1.165) is 0 Å². The molecule has 0 aromatic heterocycles. The molecule has 86 valence electrons. The van der Waals surface area contributed by atoms with Crippen molar-refractivity contribution in [1.82, 2.24) is 0 Å². The Morgan fingerprint density at radius 1 is 1.50 bits per heavy atom. The monoisotopic (exact) mass is 286 g/mol. The Bertz CT molecular complexity index is 441. The van der Waals surface area contributed by atoms with Gasteiger partial charge in [-0.15, -0.1) is 5.10 Å². The first-order valence-corrected chi connectivity index (χ1v) is 5.02. The molecule has 0 atom stereocenters. The van der Waals surface area contributed by atoms with Crippen molar-refractivity contribution in [2.75, 3.05) is 7.11 Å². The number of rotatable bonds is 3. The van der Waals surface area contributed by atoms with Gasteiger partial charge in [-0.25, -0.2) is 0 Å². The highest BCUT2D eigenvalue weighted by Crippen LogP contribution is 2.31. The number of benzene rings is 1. The van der Waals surface area contributed by atoms with Crippen LogP contribution in [-0.2, 0) is 0 Å². The molecule has 16 heavy (non-hydrogen) atoms. The second-order valence-corrected chi connectivity index (χ2v) is 3.67. The summed E-state index contributed by atoms with van der Waals surface area (Å²) in [5, 5.41) is 16.6. The zero-order chi connectivity index (χ0) is 12.1. The first-order valence-electron chi connectivity index (χ1n) is 4.23. The summed E-state index contributed by atoms with van der Waals surface area (Å²) in [4.78, 5) is 0. The van der Waals surface area contributed by atoms with Gasteiger partial charge in [-0.2, -0.15) is 5.10 Å². The van der Waals surface area contributed by atoms with Crippen molar-refractivity contribution < 1.29 is 9.84 Å². The van der Waals surface area contributed by atoms with E-state index in [4.69, 9.17) is 16.2 Å². The lowest BCUT2D eigenvalue weighted by Gasteiger charge is -2.05. The Morgan fingerprint density at radius 2 is 2.19 bits per heavy atom. The Labute approximate surface area is 101 Å². The number of methoxy groups -OCH3 is 1. The predicted octanol–water partition coefficient (Wildman–Crippen LogP) is 0.771. The van der Waals surface area contributed by atoms with Crippen molar-refractivity contribution in [2.45, 2.75) is 0 Å². The SMILES string of the molecule is COc1cc(/C=N\N=C(N)N)c(Br)cc1O. The molecule has 1 aromatic carbocycles. The molecule has 6 nitrogen and oxygen atoms in total. The summed E-state index contributed by atoms with van der Waals surface area (Å²) < 4.78 is 5.60. The molecule has 5 N–H and O–H groups in total. The van der Waals surface area contributed by atoms with Crippen molar-refractivity contribution in [3.63, 3.8) is 0 Å². The molecular weight excluding hydrogens is 276 g/mol. The number of phenols is 1. The van der Waals surface area contributed by atoms with E-state index >= 15 is 0 Å². The van der Waals surface area contributed by atoms with Crippen LogP contribution in [0.2, 0.25) is 0 Å². The fraction of sp³-hybridized carbons (Fsp3) is 0.111. The average molecular weight is 287 g/mol. The minimum atomic E-state index is -0.127. The molecule has 0 radical (unpaired) electrons. The van der Waals surface area contributed by atoms with E-state index in [9.17, 15) is 5.11 Å². The quantitative estimate of drug-likeness (QED) is 0.433. The molecule has 0 bridgehead atoms. The normalized spacial score (nSPS) is 10.4. The average Bonchev–Trinajstić information content (AvgIpc) is 2.20. The first kappa shape index (κ1) is 12.3. The Balaban J connectivity index is 3.05. The van der Waals surface area contributed by atoms with Crippen LogP contribution in [0.25, 0.3) is 0 Å². The van der Waals surface area contributed by atoms with Crippen LogP contribution >= 0.6 is 15.9 Å². The molecule has 0 saturated heterocycles. The molecule has 0 aliphatic rings. The standard InChI is InChI=1S/C9H11BrN4O2/c1-16-8-2-5(4-13-14-9(11)12)6(10)3-7(8)15/h2-4,15H,1H3,(H4,11,12,14)/b13-4-. The molecule has 0 fully saturated rings. The van der Waals surface area contributed by atoms with Gasteiger partial charge in [0, 0.05) is 10.0 Å². The van der Waals surface area contributed by atoms with Crippen molar-refractivity contribution in [1.29, 1.82) is 0 Å². The topological polar surface area (TPSA) is 106 Å². The number of halogens is 1. The molecule has 0 spiro atoms. The van der Waals surface area contributed by atoms with Crippen molar-refractivity contribution in [2.24, 2.45) is 21.7 Å². The lowest BCUT2D eigenvalue weighted by molar-refractivity contribution is 0.373. The van der Waals surface area contributed by atoms with Crippen molar-refractivity contribution >= 4 is 28.1 Å². The maximum absolute atomic E-state index is 9.46. The van der Waals surface area contributed by atoms with Crippen LogP contribution in [0.4, 0.5) is 0 Å². The van der Waals surface area contributed by atoms with Gasteiger partial charge in [0.05, 0.1) is 13.3 Å². The molecule has 0 unspecified atom stereocenters. The fourth-order valence-electron chi connectivity index (χ4n) is 0.979. The second kappa shape index (κ2) is 5.36. The van der Waals surface area contributed by atoms with Crippen LogP contribution in [0.15, 0.2) is 26.8 Å². The van der Waals surface area contributed by atoms with Crippen LogP contribution in [-0.4, -0.2) is 24.4 Å². The fourth-order valence-corrected chi connectivity index (χ4v) is 1.41. The summed E-state index contributed by atoms with van der Waals surface area (Å²) in [5.41, 5.74) is 10.9. The first-order chi connectivity index (χ1) is 7.54. The summed E-state index contributed by atoms with van der Waals surface area (Å²) in [6.07, 6.45) is 1.44. The van der Waals surface area contributed by atoms with Gasteiger partial charge in [-0.3, -0.25) is 0 Å². The smallest absolute Gasteiger partial charge is 0.211 e. The molecule has 0 aliphatic heterocycles. The Morgan fingerprint density at radius 3 is 2.75 bits per heavy atom. The lowest BCUT2D eigenvalue weighted by atomic mass is 10.2. The van der Waals surface area contributed by atoms with E-state index in [2.05, 4.69) is 26.1 Å². The minimum absolute atomic E-state index is 0.0355. The maximum atomic E-state index is 9.46. The molecule has 7 heteroatoms. The van der Waals surface area contributed by atoms with E-state index in [-0.39, 0.29) is 11.7 Å². The largest absolute Gasteiger partial charge is 0.504 e. The van der Waals surface area contributed by atoms with Crippen molar-refractivity contribution in [3.8, 4) is 11.5 Å². The van der Waals surface area contributed by atoms with Gasteiger partial charge < -0.3 is 21.3 Å². The number of hydrogen-bond acceptors (Lipinski definition) is 4. The molecule has 1 aromatic rings. The third-order valence-electron chi connectivity index (χ3n) is 1.67. The highest BCUT2D eigenvalue weighted by Gasteiger charge is 2.06. The third-order valence-corrected chi connectivity index (χ3v) is 2.35. The van der Waals surface area contributed by atoms with Gasteiger partial charge >= 0.3 is 0 Å². The molecule has 0 heterocycles. The molecule has 1 rings (SSSR count). The highest BCUT2D eigenvalue weighted by molar-refractivity contribution is 9.10. The summed E-state index contributed by atoms with van der Waals surface area (Å²) in [7, 11) is 1.46. The van der Waals surface area contributed by atoms with Gasteiger partial charge in [0.2, 0.25) is 5.96 Å². The van der Waals surface area contributed by atoms with Crippen LogP contribution in [0.1, 0.15) is 5.56 Å². The number of hydrogen-bond donors (Lipinski definition) is 3. The van der Waals surface area contributed by atoms with Crippen LogP contribution in [0.3, 0.4) is 0 Å². The minimum Gasteiger partial charge on any atom is -0.504 e. The number of phenolic OH excluding ortho intramolecular Hbond substituents is 1. The summed E-state index contributed by atoms with van der Waals surface area (Å²) in [6.45, 7) is 0.